The molecule has 1 amide bonds. The molecule has 0 radical (unpaired) electrons. The van der Waals surface area contributed by atoms with Crippen LogP contribution in [-0.4, -0.2) is 41.1 Å². The lowest BCUT2D eigenvalue weighted by molar-refractivity contribution is -0.123. The smallest absolute Gasteiger partial charge is 0.241 e. The third kappa shape index (κ3) is 6.45. The van der Waals surface area contributed by atoms with E-state index >= 15 is 0 Å². The number of nitrogens with one attached hydrogen (secondary N) is 2. The predicted octanol–water partition coefficient (Wildman–Crippen LogP) is 3.13. The van der Waals surface area contributed by atoms with Crippen LogP contribution in [0.15, 0.2) is 51.8 Å². The summed E-state index contributed by atoms with van der Waals surface area (Å²) in [6.45, 7) is 3.91. The van der Waals surface area contributed by atoms with E-state index in [0.29, 0.717) is 24.5 Å². The number of carbonyl (C=O) groups is 1. The van der Waals surface area contributed by atoms with Gasteiger partial charge >= 0.3 is 0 Å². The molecular formula is C21H27BrN2O5S. The monoisotopic (exact) mass is 498 g/mol. The van der Waals surface area contributed by atoms with Crippen molar-refractivity contribution in [1.82, 2.24) is 10.0 Å². The Morgan fingerprint density at radius 3 is 2.30 bits per heavy atom. The van der Waals surface area contributed by atoms with Gasteiger partial charge in [-0.05, 0) is 60.4 Å². The minimum atomic E-state index is -3.83. The van der Waals surface area contributed by atoms with Crippen molar-refractivity contribution in [2.45, 2.75) is 31.2 Å². The molecule has 0 bridgehead atoms. The van der Waals surface area contributed by atoms with Gasteiger partial charge in [-0.15, -0.1) is 0 Å². The molecule has 9 heteroatoms. The van der Waals surface area contributed by atoms with Gasteiger partial charge in [0.25, 0.3) is 0 Å². The van der Waals surface area contributed by atoms with Crippen LogP contribution in [-0.2, 0) is 21.2 Å². The first kappa shape index (κ1) is 24.2. The second-order valence-corrected chi connectivity index (χ2v) is 9.65. The maximum atomic E-state index is 12.7. The number of hydrogen-bond acceptors (Lipinski definition) is 5. The Balaban J connectivity index is 2.05. The van der Waals surface area contributed by atoms with Crippen LogP contribution in [0.3, 0.4) is 0 Å². The third-order valence-corrected chi connectivity index (χ3v) is 6.52. The largest absolute Gasteiger partial charge is 0.497 e. The number of hydrogen-bond donors (Lipinski definition) is 2. The van der Waals surface area contributed by atoms with Crippen molar-refractivity contribution in [3.63, 3.8) is 0 Å². The summed E-state index contributed by atoms with van der Waals surface area (Å²) in [5, 5.41) is 2.81. The average molecular weight is 499 g/mol. The van der Waals surface area contributed by atoms with Crippen LogP contribution in [0.4, 0.5) is 0 Å². The molecule has 0 aliphatic heterocycles. The predicted molar refractivity (Wildman–Crippen MR) is 119 cm³/mol. The molecule has 0 aliphatic rings. The molecule has 30 heavy (non-hydrogen) atoms. The number of carbonyl (C=O) groups excluding carboxylic acids is 1. The fourth-order valence-electron chi connectivity index (χ4n) is 2.85. The van der Waals surface area contributed by atoms with Gasteiger partial charge in [0.2, 0.25) is 15.9 Å². The Bertz CT molecular complexity index is 962. The number of sulfonamides is 1. The average Bonchev–Trinajstić information content (AvgIpc) is 2.72. The molecule has 0 saturated carbocycles. The Morgan fingerprint density at radius 1 is 1.07 bits per heavy atom. The van der Waals surface area contributed by atoms with Gasteiger partial charge in [-0.1, -0.05) is 29.8 Å². The molecule has 2 rings (SSSR count). The fourth-order valence-corrected chi connectivity index (χ4v) is 4.46. The molecular weight excluding hydrogens is 472 g/mol. The van der Waals surface area contributed by atoms with E-state index in [1.807, 2.05) is 6.07 Å². The van der Waals surface area contributed by atoms with Crippen molar-refractivity contribution in [3.8, 4) is 11.5 Å². The van der Waals surface area contributed by atoms with Crippen molar-refractivity contribution >= 4 is 31.9 Å². The van der Waals surface area contributed by atoms with Crippen molar-refractivity contribution in [3.05, 3.63) is 52.5 Å². The van der Waals surface area contributed by atoms with Crippen LogP contribution in [0.25, 0.3) is 0 Å². The minimum Gasteiger partial charge on any atom is -0.497 e. The maximum Gasteiger partial charge on any atom is 0.241 e. The summed E-state index contributed by atoms with van der Waals surface area (Å²) in [5.41, 5.74) is 0.883. The molecule has 0 unspecified atom stereocenters. The summed E-state index contributed by atoms with van der Waals surface area (Å²) >= 11 is 3.28. The third-order valence-electron chi connectivity index (χ3n) is 4.54. The van der Waals surface area contributed by atoms with Crippen molar-refractivity contribution in [2.24, 2.45) is 5.92 Å². The topological polar surface area (TPSA) is 93.7 Å². The molecule has 1 atom stereocenters. The van der Waals surface area contributed by atoms with E-state index in [0.717, 1.165) is 10.0 Å². The van der Waals surface area contributed by atoms with Gasteiger partial charge in [-0.25, -0.2) is 8.42 Å². The molecule has 164 valence electrons. The van der Waals surface area contributed by atoms with Gasteiger partial charge in [0.05, 0.1) is 19.1 Å². The zero-order valence-electron chi connectivity index (χ0n) is 17.4. The van der Waals surface area contributed by atoms with E-state index in [2.05, 4.69) is 26.0 Å². The second-order valence-electron chi connectivity index (χ2n) is 7.02. The fraction of sp³-hybridized carbons (Fsp3) is 0.381. The lowest BCUT2D eigenvalue weighted by atomic mass is 10.0. The number of benzene rings is 2. The van der Waals surface area contributed by atoms with E-state index in [9.17, 15) is 13.2 Å². The molecule has 2 aromatic carbocycles. The van der Waals surface area contributed by atoms with Crippen LogP contribution < -0.4 is 19.5 Å². The van der Waals surface area contributed by atoms with Crippen molar-refractivity contribution in [2.75, 3.05) is 20.8 Å². The van der Waals surface area contributed by atoms with Gasteiger partial charge in [-0.2, -0.15) is 4.72 Å². The van der Waals surface area contributed by atoms with E-state index in [1.54, 1.807) is 52.3 Å². The van der Waals surface area contributed by atoms with Gasteiger partial charge < -0.3 is 14.8 Å². The first-order chi connectivity index (χ1) is 14.2. The summed E-state index contributed by atoms with van der Waals surface area (Å²) in [6.07, 6.45) is 0.510. The zero-order valence-corrected chi connectivity index (χ0v) is 19.8. The quantitative estimate of drug-likeness (QED) is 0.524. The molecule has 7 nitrogen and oxygen atoms in total. The van der Waals surface area contributed by atoms with Crippen LogP contribution in [0.2, 0.25) is 0 Å². The summed E-state index contributed by atoms with van der Waals surface area (Å²) in [5.74, 6) is 0.773. The van der Waals surface area contributed by atoms with Gasteiger partial charge in [0.15, 0.2) is 0 Å². The molecule has 2 N–H and O–H groups in total. The highest BCUT2D eigenvalue weighted by Crippen LogP contribution is 2.24. The standard InChI is InChI=1S/C21H27BrN2O5S/c1-14(2)20(24-30(26,27)18-8-5-16(22)6-9-18)21(25)23-12-11-15-13-17(28-3)7-10-19(15)29-4/h5-10,13-14,20,24H,11-12H2,1-4H3,(H,23,25)/t20-/m0/s1. The first-order valence-electron chi connectivity index (χ1n) is 9.44. The minimum absolute atomic E-state index is 0.102. The first-order valence-corrected chi connectivity index (χ1v) is 11.7. The molecule has 0 fully saturated rings. The summed E-state index contributed by atoms with van der Waals surface area (Å²) in [6, 6.07) is 10.8. The lowest BCUT2D eigenvalue weighted by Crippen LogP contribution is -2.49. The molecule has 2 aromatic rings. The van der Waals surface area contributed by atoms with Crippen LogP contribution in [0.5, 0.6) is 11.5 Å². The highest BCUT2D eigenvalue weighted by molar-refractivity contribution is 9.10. The molecule has 0 saturated heterocycles. The molecule has 0 aliphatic carbocycles. The SMILES string of the molecule is COc1ccc(OC)c(CCNC(=O)[C@@H](NS(=O)(=O)c2ccc(Br)cc2)C(C)C)c1. The Morgan fingerprint density at radius 2 is 1.73 bits per heavy atom. The number of halogens is 1. The second kappa shape index (κ2) is 10.8. The number of amides is 1. The van der Waals surface area contributed by atoms with Gasteiger partial charge in [-0.3, -0.25) is 4.79 Å². The van der Waals surface area contributed by atoms with Gasteiger partial charge in [0, 0.05) is 11.0 Å². The highest BCUT2D eigenvalue weighted by atomic mass is 79.9. The Kier molecular flexibility index (Phi) is 8.69. The van der Waals surface area contributed by atoms with Crippen molar-refractivity contribution < 1.29 is 22.7 Å². The summed E-state index contributed by atoms with van der Waals surface area (Å²) in [4.78, 5) is 12.8. The Hall–Kier alpha value is -2.10. The molecule has 0 heterocycles. The Labute approximate surface area is 186 Å². The van der Waals surface area contributed by atoms with E-state index in [-0.39, 0.29) is 16.7 Å². The van der Waals surface area contributed by atoms with Gasteiger partial charge in [0.1, 0.15) is 17.5 Å². The highest BCUT2D eigenvalue weighted by Gasteiger charge is 2.28. The summed E-state index contributed by atoms with van der Waals surface area (Å²) < 4.78 is 39.2. The van der Waals surface area contributed by atoms with Crippen LogP contribution in [0, 0.1) is 5.92 Å². The van der Waals surface area contributed by atoms with E-state index in [4.69, 9.17) is 9.47 Å². The normalized spacial score (nSPS) is 12.5. The summed E-state index contributed by atoms with van der Waals surface area (Å²) in [7, 11) is -0.671. The molecule has 0 aromatic heterocycles. The number of ether oxygens (including phenoxy) is 2. The van der Waals surface area contributed by atoms with E-state index < -0.39 is 16.1 Å². The van der Waals surface area contributed by atoms with E-state index in [1.165, 1.54) is 12.1 Å². The van der Waals surface area contributed by atoms with Crippen LogP contribution in [0.1, 0.15) is 19.4 Å². The van der Waals surface area contributed by atoms with Crippen molar-refractivity contribution in [1.29, 1.82) is 0 Å². The maximum absolute atomic E-state index is 12.7. The zero-order chi connectivity index (χ0) is 22.3. The molecule has 0 spiro atoms. The number of rotatable bonds is 10. The number of methoxy groups -OCH3 is 2. The van der Waals surface area contributed by atoms with Crippen LogP contribution >= 0.6 is 15.9 Å². The lowest BCUT2D eigenvalue weighted by Gasteiger charge is -2.22.